The summed E-state index contributed by atoms with van der Waals surface area (Å²) in [6, 6.07) is 4.37. The Bertz CT molecular complexity index is 1400. The lowest BCUT2D eigenvalue weighted by molar-refractivity contribution is -0.138. The van der Waals surface area contributed by atoms with Crippen LogP contribution in [0.4, 0.5) is 43.7 Å². The molecule has 4 aromatic rings. The quantitative estimate of drug-likeness (QED) is 0.332. The molecule has 8 nitrogen and oxygen atoms in total. The maximum Gasteiger partial charge on any atom is 0.418 e. The Morgan fingerprint density at radius 2 is 1.67 bits per heavy atom. The highest BCUT2D eigenvalue weighted by Gasteiger charge is 2.36. The molecule has 14 heteroatoms. The molecule has 4 aromatic heterocycles. The molecule has 1 aliphatic rings. The molecule has 5 rings (SSSR count). The smallest absolute Gasteiger partial charge is 0.368 e. The van der Waals surface area contributed by atoms with Crippen molar-refractivity contribution in [2.75, 3.05) is 17.2 Å². The van der Waals surface area contributed by atoms with E-state index in [9.17, 15) is 26.3 Å². The van der Waals surface area contributed by atoms with Crippen LogP contribution in [0.1, 0.15) is 24.0 Å². The van der Waals surface area contributed by atoms with Crippen LogP contribution in [0.15, 0.2) is 42.9 Å². The first-order valence-corrected chi connectivity index (χ1v) is 10.7. The summed E-state index contributed by atoms with van der Waals surface area (Å²) >= 11 is 0. The van der Waals surface area contributed by atoms with Gasteiger partial charge in [-0.05, 0) is 43.0 Å². The molecular formula is C22H16F6N8. The van der Waals surface area contributed by atoms with Gasteiger partial charge in [0.1, 0.15) is 28.5 Å². The van der Waals surface area contributed by atoms with Gasteiger partial charge in [-0.3, -0.25) is 0 Å². The average molecular weight is 506 g/mol. The molecule has 0 amide bonds. The second-order valence-electron chi connectivity index (χ2n) is 8.15. The van der Waals surface area contributed by atoms with Crippen molar-refractivity contribution in [1.82, 2.24) is 30.1 Å². The number of hydrogen-bond acceptors (Lipinski definition) is 8. The molecule has 0 aromatic carbocycles. The lowest BCUT2D eigenvalue weighted by Crippen LogP contribution is -2.13. The fourth-order valence-electron chi connectivity index (χ4n) is 3.36. The maximum atomic E-state index is 13.8. The van der Waals surface area contributed by atoms with E-state index in [4.69, 9.17) is 0 Å². The minimum atomic E-state index is -4.72. The Labute approximate surface area is 199 Å². The van der Waals surface area contributed by atoms with Crippen molar-refractivity contribution in [2.24, 2.45) is 5.92 Å². The van der Waals surface area contributed by atoms with Crippen LogP contribution in [0.2, 0.25) is 0 Å². The van der Waals surface area contributed by atoms with Crippen LogP contribution in [-0.4, -0.2) is 36.7 Å². The largest absolute Gasteiger partial charge is 0.418 e. The third-order valence-electron chi connectivity index (χ3n) is 5.41. The zero-order chi connectivity index (χ0) is 25.5. The number of nitrogens with zero attached hydrogens (tertiary/aromatic N) is 6. The van der Waals surface area contributed by atoms with Crippen molar-refractivity contribution in [3.8, 4) is 11.4 Å². The second kappa shape index (κ2) is 8.84. The van der Waals surface area contributed by atoms with Crippen LogP contribution in [0.5, 0.6) is 0 Å². The van der Waals surface area contributed by atoms with Gasteiger partial charge in [-0.2, -0.15) is 26.3 Å². The molecule has 0 aliphatic heterocycles. The summed E-state index contributed by atoms with van der Waals surface area (Å²) in [5, 5.41) is 13.3. The van der Waals surface area contributed by atoms with Crippen LogP contribution >= 0.6 is 0 Å². The molecule has 1 aliphatic carbocycles. The van der Waals surface area contributed by atoms with Gasteiger partial charge in [0.2, 0.25) is 0 Å². The number of fused-ring (bicyclic) bond motifs is 1. The zero-order valence-electron chi connectivity index (χ0n) is 18.2. The summed E-state index contributed by atoms with van der Waals surface area (Å²) in [4.78, 5) is 16.2. The number of anilines is 3. The highest BCUT2D eigenvalue weighted by atomic mass is 19.4. The molecule has 4 heterocycles. The van der Waals surface area contributed by atoms with E-state index in [1.807, 2.05) is 0 Å². The van der Waals surface area contributed by atoms with Crippen LogP contribution in [0, 0.1) is 5.92 Å². The van der Waals surface area contributed by atoms with Crippen molar-refractivity contribution >= 4 is 28.5 Å². The fraction of sp³-hybridized carbons (Fsp3) is 0.273. The highest BCUT2D eigenvalue weighted by Crippen LogP contribution is 2.37. The van der Waals surface area contributed by atoms with Crippen molar-refractivity contribution in [1.29, 1.82) is 0 Å². The second-order valence-corrected chi connectivity index (χ2v) is 8.15. The SMILES string of the molecule is FC(F)(F)c1ccc(Nc2ccnc3nc(-c4nnc(NCC5CC5)cc4C(F)(F)F)cnc23)nc1. The Balaban J connectivity index is 1.46. The Kier molecular flexibility index (Phi) is 5.80. The van der Waals surface area contributed by atoms with Gasteiger partial charge in [0.05, 0.1) is 23.0 Å². The third-order valence-corrected chi connectivity index (χ3v) is 5.41. The number of pyridine rings is 2. The lowest BCUT2D eigenvalue weighted by Gasteiger charge is -2.14. The van der Waals surface area contributed by atoms with Crippen LogP contribution in [-0.2, 0) is 12.4 Å². The van der Waals surface area contributed by atoms with Gasteiger partial charge >= 0.3 is 12.4 Å². The van der Waals surface area contributed by atoms with Crippen molar-refractivity contribution in [3.05, 3.63) is 54.0 Å². The van der Waals surface area contributed by atoms with Crippen molar-refractivity contribution in [2.45, 2.75) is 25.2 Å². The molecular weight excluding hydrogens is 490 g/mol. The summed E-state index contributed by atoms with van der Waals surface area (Å²) in [5.74, 6) is 0.542. The van der Waals surface area contributed by atoms with E-state index in [2.05, 4.69) is 40.8 Å². The number of halogens is 6. The van der Waals surface area contributed by atoms with Gasteiger partial charge in [-0.15, -0.1) is 10.2 Å². The number of rotatable bonds is 6. The monoisotopic (exact) mass is 506 g/mol. The first kappa shape index (κ1) is 23.6. The lowest BCUT2D eigenvalue weighted by atomic mass is 10.1. The normalized spacial score (nSPS) is 14.2. The topological polar surface area (TPSA) is 101 Å². The molecule has 0 spiro atoms. The summed E-state index contributed by atoms with van der Waals surface area (Å²) in [5.41, 5.74) is -2.15. The molecule has 1 saturated carbocycles. The summed E-state index contributed by atoms with van der Waals surface area (Å²) < 4.78 is 79.7. The number of nitrogens with one attached hydrogen (secondary N) is 2. The van der Waals surface area contributed by atoms with Gasteiger partial charge in [0.15, 0.2) is 5.65 Å². The molecule has 1 fully saturated rings. The van der Waals surface area contributed by atoms with Crippen LogP contribution < -0.4 is 10.6 Å². The highest BCUT2D eigenvalue weighted by molar-refractivity contribution is 5.87. The molecule has 0 atom stereocenters. The van der Waals surface area contributed by atoms with E-state index >= 15 is 0 Å². The van der Waals surface area contributed by atoms with Gasteiger partial charge < -0.3 is 10.6 Å². The van der Waals surface area contributed by atoms with E-state index < -0.39 is 29.2 Å². The Morgan fingerprint density at radius 3 is 2.33 bits per heavy atom. The van der Waals surface area contributed by atoms with Gasteiger partial charge in [-0.1, -0.05) is 0 Å². The van der Waals surface area contributed by atoms with E-state index in [0.29, 0.717) is 24.3 Å². The molecule has 0 radical (unpaired) electrons. The minimum Gasteiger partial charge on any atom is -0.368 e. The Morgan fingerprint density at radius 1 is 0.861 bits per heavy atom. The summed E-state index contributed by atoms with van der Waals surface area (Å²) in [7, 11) is 0. The predicted molar refractivity (Wildman–Crippen MR) is 117 cm³/mol. The predicted octanol–water partition coefficient (Wildman–Crippen LogP) is 5.48. The van der Waals surface area contributed by atoms with E-state index in [-0.39, 0.29) is 28.5 Å². The summed E-state index contributed by atoms with van der Waals surface area (Å²) in [6.07, 6.45) is -4.09. The van der Waals surface area contributed by atoms with E-state index in [0.717, 1.165) is 37.2 Å². The van der Waals surface area contributed by atoms with Crippen LogP contribution in [0.25, 0.3) is 22.6 Å². The van der Waals surface area contributed by atoms with Crippen molar-refractivity contribution < 1.29 is 26.3 Å². The summed E-state index contributed by atoms with van der Waals surface area (Å²) in [6.45, 7) is 0.522. The van der Waals surface area contributed by atoms with Crippen LogP contribution in [0.3, 0.4) is 0 Å². The standard InChI is InChI=1S/C22H16F6N8/c23-21(24,25)12-3-4-16(31-9-12)33-14-5-6-29-20-19(14)32-10-15(34-20)18-13(22(26,27)28)7-17(35-36-18)30-8-11-1-2-11/h3-7,9-11H,1-2,8H2,(H,30,35)(H,29,31,33,34). The minimum absolute atomic E-state index is 0.00438. The van der Waals surface area contributed by atoms with Gasteiger partial charge in [0.25, 0.3) is 0 Å². The molecule has 2 N–H and O–H groups in total. The molecule has 0 saturated heterocycles. The van der Waals surface area contributed by atoms with Gasteiger partial charge in [0, 0.05) is 18.9 Å². The van der Waals surface area contributed by atoms with E-state index in [1.54, 1.807) is 0 Å². The molecule has 0 bridgehead atoms. The maximum absolute atomic E-state index is 13.8. The molecule has 36 heavy (non-hydrogen) atoms. The number of alkyl halides is 6. The zero-order valence-corrected chi connectivity index (χ0v) is 18.2. The molecule has 0 unspecified atom stereocenters. The third kappa shape index (κ3) is 5.11. The Hall–Kier alpha value is -4.10. The first-order chi connectivity index (χ1) is 17.1. The van der Waals surface area contributed by atoms with E-state index in [1.165, 1.54) is 12.3 Å². The fourth-order valence-corrected chi connectivity index (χ4v) is 3.36. The van der Waals surface area contributed by atoms with Crippen molar-refractivity contribution in [3.63, 3.8) is 0 Å². The molecule has 186 valence electrons. The number of hydrogen-bond donors (Lipinski definition) is 2. The number of aromatic nitrogens is 6. The van der Waals surface area contributed by atoms with Gasteiger partial charge in [-0.25, -0.2) is 19.9 Å². The first-order valence-electron chi connectivity index (χ1n) is 10.7. The average Bonchev–Trinajstić information content (AvgIpc) is 3.66.